The Kier molecular flexibility index (Phi) is 3.77. The topological polar surface area (TPSA) is 20.3 Å². The summed E-state index contributed by atoms with van der Waals surface area (Å²) in [5.41, 5.74) is 1.03. The number of carbonyl (C=O) groups is 1. The van der Waals surface area contributed by atoms with Crippen molar-refractivity contribution in [3.05, 3.63) is 29.6 Å². The van der Waals surface area contributed by atoms with E-state index >= 15 is 0 Å². The molecule has 0 radical (unpaired) electrons. The molecular formula is C14H18FNO. The summed E-state index contributed by atoms with van der Waals surface area (Å²) < 4.78 is 13.8. The molecule has 1 heterocycles. The molecule has 3 heteroatoms. The molecule has 0 spiro atoms. The summed E-state index contributed by atoms with van der Waals surface area (Å²) in [5.74, 6) is 0.400. The van der Waals surface area contributed by atoms with Crippen LogP contribution in [0.4, 0.5) is 10.1 Å². The lowest BCUT2D eigenvalue weighted by molar-refractivity contribution is 0.112. The van der Waals surface area contributed by atoms with Gasteiger partial charge in [0, 0.05) is 18.7 Å². The van der Waals surface area contributed by atoms with Crippen molar-refractivity contribution in [3.8, 4) is 0 Å². The van der Waals surface area contributed by atoms with Crippen molar-refractivity contribution in [2.45, 2.75) is 26.2 Å². The van der Waals surface area contributed by atoms with Gasteiger partial charge in [-0.15, -0.1) is 0 Å². The highest BCUT2D eigenvalue weighted by Crippen LogP contribution is 2.28. The van der Waals surface area contributed by atoms with Gasteiger partial charge in [-0.05, 0) is 37.0 Å². The molecule has 1 saturated heterocycles. The van der Waals surface area contributed by atoms with E-state index in [1.54, 1.807) is 12.1 Å². The number of nitrogens with zero attached hydrogens (tertiary/aromatic N) is 1. The van der Waals surface area contributed by atoms with Gasteiger partial charge in [0.25, 0.3) is 0 Å². The molecule has 0 N–H and O–H groups in total. The molecule has 2 rings (SSSR count). The Balaban J connectivity index is 2.10. The van der Waals surface area contributed by atoms with Crippen molar-refractivity contribution < 1.29 is 9.18 Å². The molecule has 0 amide bonds. The summed E-state index contributed by atoms with van der Waals surface area (Å²) in [4.78, 5) is 12.6. The smallest absolute Gasteiger partial charge is 0.150 e. The quantitative estimate of drug-likeness (QED) is 0.746. The molecule has 1 unspecified atom stereocenters. The van der Waals surface area contributed by atoms with Crippen molar-refractivity contribution in [2.24, 2.45) is 5.92 Å². The molecule has 1 aromatic carbocycles. The van der Waals surface area contributed by atoms with E-state index in [9.17, 15) is 9.18 Å². The second-order valence-corrected chi connectivity index (χ2v) is 4.72. The zero-order valence-electron chi connectivity index (χ0n) is 10.2. The zero-order valence-corrected chi connectivity index (χ0v) is 10.2. The number of rotatable bonds is 4. The van der Waals surface area contributed by atoms with Crippen molar-refractivity contribution in [2.75, 3.05) is 18.0 Å². The van der Waals surface area contributed by atoms with Gasteiger partial charge in [0.2, 0.25) is 0 Å². The van der Waals surface area contributed by atoms with Gasteiger partial charge in [-0.1, -0.05) is 13.3 Å². The summed E-state index contributed by atoms with van der Waals surface area (Å²) in [6, 6.07) is 4.71. The van der Waals surface area contributed by atoms with Crippen molar-refractivity contribution >= 4 is 12.0 Å². The molecular weight excluding hydrogens is 217 g/mol. The van der Waals surface area contributed by atoms with Crippen LogP contribution in [0.1, 0.15) is 36.5 Å². The largest absolute Gasteiger partial charge is 0.369 e. The third-order valence-corrected chi connectivity index (χ3v) is 3.43. The Bertz CT molecular complexity index is 405. The number of benzene rings is 1. The van der Waals surface area contributed by atoms with Gasteiger partial charge in [-0.2, -0.15) is 0 Å². The van der Waals surface area contributed by atoms with Crippen LogP contribution in [0, 0.1) is 11.7 Å². The van der Waals surface area contributed by atoms with Gasteiger partial charge in [0.05, 0.1) is 5.69 Å². The average molecular weight is 235 g/mol. The van der Waals surface area contributed by atoms with E-state index in [2.05, 4.69) is 11.8 Å². The van der Waals surface area contributed by atoms with Crippen LogP contribution in [0.5, 0.6) is 0 Å². The van der Waals surface area contributed by atoms with Gasteiger partial charge < -0.3 is 4.90 Å². The second-order valence-electron chi connectivity index (χ2n) is 4.72. The molecule has 1 aliphatic heterocycles. The number of halogens is 1. The first-order valence-electron chi connectivity index (χ1n) is 6.24. The van der Waals surface area contributed by atoms with Gasteiger partial charge in [0.15, 0.2) is 0 Å². The van der Waals surface area contributed by atoms with Crippen LogP contribution in [0.25, 0.3) is 0 Å². The number of hydrogen-bond acceptors (Lipinski definition) is 2. The Labute approximate surface area is 101 Å². The average Bonchev–Trinajstić information content (AvgIpc) is 2.78. The Hall–Kier alpha value is -1.38. The predicted molar refractivity (Wildman–Crippen MR) is 67.0 cm³/mol. The summed E-state index contributed by atoms with van der Waals surface area (Å²) in [5, 5.41) is 0. The lowest BCUT2D eigenvalue weighted by atomic mass is 10.0. The fourth-order valence-electron chi connectivity index (χ4n) is 2.55. The first-order valence-corrected chi connectivity index (χ1v) is 6.24. The molecule has 17 heavy (non-hydrogen) atoms. The number of carbonyl (C=O) groups excluding carboxylic acids is 1. The highest BCUT2D eigenvalue weighted by Gasteiger charge is 2.23. The minimum absolute atomic E-state index is 0.285. The van der Waals surface area contributed by atoms with E-state index in [0.29, 0.717) is 23.5 Å². The van der Waals surface area contributed by atoms with E-state index in [0.717, 1.165) is 19.5 Å². The zero-order chi connectivity index (χ0) is 12.3. The third-order valence-electron chi connectivity index (χ3n) is 3.43. The fourth-order valence-corrected chi connectivity index (χ4v) is 2.55. The van der Waals surface area contributed by atoms with Gasteiger partial charge >= 0.3 is 0 Å². The lowest BCUT2D eigenvalue weighted by Crippen LogP contribution is -2.20. The molecule has 0 saturated carbocycles. The maximum atomic E-state index is 13.8. The van der Waals surface area contributed by atoms with Gasteiger partial charge in [-0.25, -0.2) is 4.39 Å². The van der Waals surface area contributed by atoms with Crippen LogP contribution in [0.15, 0.2) is 18.2 Å². The van der Waals surface area contributed by atoms with E-state index < -0.39 is 0 Å². The SMILES string of the molecule is CCCC1CCN(c2ccc(C=O)cc2F)C1. The molecule has 0 aliphatic carbocycles. The second kappa shape index (κ2) is 5.30. The fraction of sp³-hybridized carbons (Fsp3) is 0.500. The summed E-state index contributed by atoms with van der Waals surface area (Å²) in [6.45, 7) is 4.04. The monoisotopic (exact) mass is 235 g/mol. The molecule has 2 nitrogen and oxygen atoms in total. The summed E-state index contributed by atoms with van der Waals surface area (Å²) in [6.07, 6.45) is 4.22. The normalized spacial score (nSPS) is 19.6. The van der Waals surface area contributed by atoms with Crippen molar-refractivity contribution in [1.82, 2.24) is 0 Å². The molecule has 0 bridgehead atoms. The van der Waals surface area contributed by atoms with E-state index in [1.807, 2.05) is 0 Å². The molecule has 1 aromatic rings. The Morgan fingerprint density at radius 1 is 1.53 bits per heavy atom. The number of hydrogen-bond donors (Lipinski definition) is 0. The molecule has 92 valence electrons. The van der Waals surface area contributed by atoms with E-state index in [1.165, 1.54) is 18.9 Å². The minimum atomic E-state index is -0.285. The van der Waals surface area contributed by atoms with Crippen LogP contribution >= 0.6 is 0 Å². The Morgan fingerprint density at radius 2 is 2.35 bits per heavy atom. The van der Waals surface area contributed by atoms with Crippen molar-refractivity contribution in [1.29, 1.82) is 0 Å². The van der Waals surface area contributed by atoms with Crippen LogP contribution in [-0.4, -0.2) is 19.4 Å². The number of aldehydes is 1. The van der Waals surface area contributed by atoms with Crippen LogP contribution < -0.4 is 4.90 Å². The summed E-state index contributed by atoms with van der Waals surface area (Å²) in [7, 11) is 0. The first kappa shape index (κ1) is 12.1. The van der Waals surface area contributed by atoms with Crippen LogP contribution in [0.2, 0.25) is 0 Å². The maximum absolute atomic E-state index is 13.8. The molecule has 1 fully saturated rings. The van der Waals surface area contributed by atoms with Crippen LogP contribution in [-0.2, 0) is 0 Å². The van der Waals surface area contributed by atoms with E-state index in [4.69, 9.17) is 0 Å². The standard InChI is InChI=1S/C14H18FNO/c1-2-3-11-6-7-16(9-11)14-5-4-12(10-17)8-13(14)15/h4-5,8,10-11H,2-3,6-7,9H2,1H3. The highest BCUT2D eigenvalue weighted by atomic mass is 19.1. The molecule has 0 aromatic heterocycles. The van der Waals surface area contributed by atoms with Gasteiger partial charge in [0.1, 0.15) is 12.1 Å². The maximum Gasteiger partial charge on any atom is 0.150 e. The lowest BCUT2D eigenvalue weighted by Gasteiger charge is -2.19. The van der Waals surface area contributed by atoms with Gasteiger partial charge in [-0.3, -0.25) is 4.79 Å². The minimum Gasteiger partial charge on any atom is -0.369 e. The number of anilines is 1. The molecule has 1 aliphatic rings. The van der Waals surface area contributed by atoms with E-state index in [-0.39, 0.29) is 5.82 Å². The highest BCUT2D eigenvalue weighted by molar-refractivity contribution is 5.76. The third kappa shape index (κ3) is 2.65. The Morgan fingerprint density at radius 3 is 3.00 bits per heavy atom. The first-order chi connectivity index (χ1) is 8.24. The predicted octanol–water partition coefficient (Wildman–Crippen LogP) is 3.26. The molecule has 1 atom stereocenters. The summed E-state index contributed by atoms with van der Waals surface area (Å²) >= 11 is 0. The van der Waals surface area contributed by atoms with Crippen LogP contribution in [0.3, 0.4) is 0 Å². The van der Waals surface area contributed by atoms with Crippen molar-refractivity contribution in [3.63, 3.8) is 0 Å².